The van der Waals surface area contributed by atoms with Crippen molar-refractivity contribution < 1.29 is 31.1 Å². The third-order valence-corrected chi connectivity index (χ3v) is 9.07. The van der Waals surface area contributed by atoms with Gasteiger partial charge in [-0.2, -0.15) is 0 Å². The van der Waals surface area contributed by atoms with E-state index in [1.165, 1.54) is 46.0 Å². The predicted molar refractivity (Wildman–Crippen MR) is 142 cm³/mol. The Morgan fingerprint density at radius 3 is 2.50 bits per heavy atom. The summed E-state index contributed by atoms with van der Waals surface area (Å²) in [6.45, 7) is 8.07. The second kappa shape index (κ2) is 12.7. The zero-order chi connectivity index (χ0) is 27.9. The van der Waals surface area contributed by atoms with Crippen molar-refractivity contribution in [2.45, 2.75) is 45.4 Å². The first-order chi connectivity index (χ1) is 17.9. The van der Waals surface area contributed by atoms with Gasteiger partial charge in [-0.25, -0.2) is 17.7 Å². The number of thiazole rings is 1. The maximum atomic E-state index is 13.0. The molecule has 3 rings (SSSR count). The molecule has 0 spiro atoms. The zero-order valence-electron chi connectivity index (χ0n) is 21.1. The summed E-state index contributed by atoms with van der Waals surface area (Å²) in [5.74, 6) is -0.564. The van der Waals surface area contributed by atoms with Crippen LogP contribution < -0.4 is 10.1 Å². The minimum Gasteiger partial charge on any atom is -0.406 e. The second-order valence-corrected chi connectivity index (χ2v) is 11.7. The highest BCUT2D eigenvalue weighted by Gasteiger charge is 2.31. The molecule has 0 atom stereocenters. The van der Waals surface area contributed by atoms with Gasteiger partial charge in [0.1, 0.15) is 11.4 Å². The van der Waals surface area contributed by atoms with Crippen LogP contribution >= 0.6 is 11.3 Å². The molecule has 1 saturated heterocycles. The van der Waals surface area contributed by atoms with Gasteiger partial charge in [-0.1, -0.05) is 37.8 Å². The van der Waals surface area contributed by atoms with Crippen LogP contribution in [-0.4, -0.2) is 48.8 Å². The monoisotopic (exact) mass is 569 g/mol. The number of nitrogens with zero attached hydrogens (tertiary/aromatic N) is 2. The Kier molecular flexibility index (Phi) is 9.91. The van der Waals surface area contributed by atoms with E-state index >= 15 is 0 Å². The highest BCUT2D eigenvalue weighted by atomic mass is 32.2. The van der Waals surface area contributed by atoms with Gasteiger partial charge in [0.2, 0.25) is 10.0 Å². The first-order valence-corrected chi connectivity index (χ1v) is 14.5. The van der Waals surface area contributed by atoms with E-state index in [1.54, 1.807) is 24.5 Å². The second-order valence-electron chi connectivity index (χ2n) is 8.72. The molecule has 12 heteroatoms. The van der Waals surface area contributed by atoms with Crippen LogP contribution in [0.3, 0.4) is 0 Å². The standard InChI is InChI=1S/C26H30F3N3O4S2/c1-4-6-7-22(18(3)19-8-10-21(11-9-19)36-26(27,28)29)30-24(33)23-17-37-25(31-23)20-12-14-32(15-13-20)38(34,35)16-5-2/h4,6-11,17,20H,1,5,12-16H2,2-3H3,(H,30,33)/b7-6-,22-18-. The van der Waals surface area contributed by atoms with Gasteiger partial charge in [0.15, 0.2) is 0 Å². The Morgan fingerprint density at radius 1 is 1.26 bits per heavy atom. The smallest absolute Gasteiger partial charge is 0.406 e. The molecule has 0 aliphatic carbocycles. The molecule has 1 amide bonds. The largest absolute Gasteiger partial charge is 0.573 e. The molecule has 1 fully saturated rings. The molecule has 0 bridgehead atoms. The minimum atomic E-state index is -4.78. The van der Waals surface area contributed by atoms with E-state index in [2.05, 4.69) is 21.6 Å². The maximum absolute atomic E-state index is 13.0. The molecule has 2 aromatic rings. The summed E-state index contributed by atoms with van der Waals surface area (Å²) in [5.41, 5.74) is 1.87. The van der Waals surface area contributed by atoms with Gasteiger partial charge < -0.3 is 10.1 Å². The summed E-state index contributed by atoms with van der Waals surface area (Å²) in [5, 5.41) is 5.28. The number of aromatic nitrogens is 1. The highest BCUT2D eigenvalue weighted by molar-refractivity contribution is 7.89. The van der Waals surface area contributed by atoms with Crippen molar-refractivity contribution in [2.75, 3.05) is 18.8 Å². The van der Waals surface area contributed by atoms with E-state index in [-0.39, 0.29) is 23.1 Å². The summed E-state index contributed by atoms with van der Waals surface area (Å²) >= 11 is 1.36. The van der Waals surface area contributed by atoms with Crippen molar-refractivity contribution in [2.24, 2.45) is 0 Å². The third kappa shape index (κ3) is 8.02. The molecule has 0 radical (unpaired) electrons. The fourth-order valence-corrected chi connectivity index (χ4v) is 6.53. The third-order valence-electron chi connectivity index (χ3n) is 5.99. The van der Waals surface area contributed by atoms with Crippen LogP contribution in [0.2, 0.25) is 0 Å². The number of nitrogens with one attached hydrogen (secondary N) is 1. The number of amides is 1. The van der Waals surface area contributed by atoms with Crippen LogP contribution in [0.4, 0.5) is 13.2 Å². The van der Waals surface area contributed by atoms with Crippen molar-refractivity contribution in [1.29, 1.82) is 0 Å². The van der Waals surface area contributed by atoms with E-state index in [0.717, 1.165) is 5.01 Å². The van der Waals surface area contributed by atoms with E-state index in [4.69, 9.17) is 0 Å². The molecule has 1 N–H and O–H groups in total. The Hall–Kier alpha value is -2.96. The van der Waals surface area contributed by atoms with E-state index < -0.39 is 22.3 Å². The summed E-state index contributed by atoms with van der Waals surface area (Å²) in [4.78, 5) is 17.5. The number of alkyl halides is 3. The van der Waals surface area contributed by atoms with Gasteiger partial charge in [-0.05, 0) is 55.5 Å². The fraction of sp³-hybridized carbons (Fsp3) is 0.385. The van der Waals surface area contributed by atoms with Crippen molar-refractivity contribution in [3.05, 3.63) is 76.4 Å². The van der Waals surface area contributed by atoms with Crippen molar-refractivity contribution in [1.82, 2.24) is 14.6 Å². The number of halogens is 3. The lowest BCUT2D eigenvalue weighted by molar-refractivity contribution is -0.274. The van der Waals surface area contributed by atoms with Crippen LogP contribution in [0.5, 0.6) is 5.75 Å². The zero-order valence-corrected chi connectivity index (χ0v) is 22.8. The molecular formula is C26H30F3N3O4S2. The number of allylic oxidation sites excluding steroid dienone is 4. The normalized spacial score (nSPS) is 16.3. The van der Waals surface area contributed by atoms with Gasteiger partial charge in [-0.15, -0.1) is 24.5 Å². The van der Waals surface area contributed by atoms with Gasteiger partial charge in [0, 0.05) is 30.1 Å². The molecule has 7 nitrogen and oxygen atoms in total. The summed E-state index contributed by atoms with van der Waals surface area (Å²) < 4.78 is 67.5. The maximum Gasteiger partial charge on any atom is 0.573 e. The molecule has 1 aliphatic rings. The van der Waals surface area contributed by atoms with Crippen molar-refractivity contribution >= 4 is 32.8 Å². The van der Waals surface area contributed by atoms with Crippen LogP contribution in [0.25, 0.3) is 5.57 Å². The van der Waals surface area contributed by atoms with E-state index in [9.17, 15) is 26.4 Å². The SMILES string of the molecule is C=C/C=C\C(NC(=O)c1csc(C2CCN(S(=O)(=O)CCC)CC2)n1)=C(/C)c1ccc(OC(F)(F)F)cc1. The lowest BCUT2D eigenvalue weighted by Crippen LogP contribution is -2.39. The first-order valence-electron chi connectivity index (χ1n) is 12.0. The van der Waals surface area contributed by atoms with Crippen molar-refractivity contribution in [3.8, 4) is 5.75 Å². The molecule has 0 saturated carbocycles. The molecule has 2 heterocycles. The van der Waals surface area contributed by atoms with Crippen LogP contribution in [0, 0.1) is 0 Å². The number of hydrogen-bond acceptors (Lipinski definition) is 6. The number of hydrogen-bond donors (Lipinski definition) is 1. The van der Waals surface area contributed by atoms with E-state index in [1.807, 2.05) is 6.92 Å². The summed E-state index contributed by atoms with van der Waals surface area (Å²) in [6, 6.07) is 5.35. The molecular weight excluding hydrogens is 539 g/mol. The quantitative estimate of drug-likeness (QED) is 0.362. The number of piperidine rings is 1. The van der Waals surface area contributed by atoms with Gasteiger partial charge in [0.05, 0.1) is 10.8 Å². The lowest BCUT2D eigenvalue weighted by atomic mass is 9.99. The number of carbonyl (C=O) groups is 1. The minimum absolute atomic E-state index is 0.0736. The van der Waals surface area contributed by atoms with Crippen LogP contribution in [0.1, 0.15) is 60.1 Å². The lowest BCUT2D eigenvalue weighted by Gasteiger charge is -2.30. The fourth-order valence-electron chi connectivity index (χ4n) is 4.02. The Morgan fingerprint density at radius 2 is 1.92 bits per heavy atom. The highest BCUT2D eigenvalue weighted by Crippen LogP contribution is 2.32. The molecule has 38 heavy (non-hydrogen) atoms. The average molecular weight is 570 g/mol. The van der Waals surface area contributed by atoms with Crippen LogP contribution in [0.15, 0.2) is 60.1 Å². The van der Waals surface area contributed by atoms with Gasteiger partial charge in [0.25, 0.3) is 5.91 Å². The number of ether oxygens (including phenoxy) is 1. The Labute approximate surface area is 224 Å². The molecule has 1 aromatic carbocycles. The number of benzene rings is 1. The molecule has 1 aliphatic heterocycles. The summed E-state index contributed by atoms with van der Waals surface area (Å²) in [7, 11) is -3.23. The van der Waals surface area contributed by atoms with Crippen molar-refractivity contribution in [3.63, 3.8) is 0 Å². The Balaban J connectivity index is 1.72. The van der Waals surface area contributed by atoms with Gasteiger partial charge in [-0.3, -0.25) is 4.79 Å². The number of carbonyl (C=O) groups excluding carboxylic acids is 1. The topological polar surface area (TPSA) is 88.6 Å². The first kappa shape index (κ1) is 29.6. The van der Waals surface area contributed by atoms with Gasteiger partial charge >= 0.3 is 6.36 Å². The number of rotatable bonds is 10. The molecule has 1 aromatic heterocycles. The molecule has 206 valence electrons. The number of sulfonamides is 1. The summed E-state index contributed by atoms with van der Waals surface area (Å²) in [6.07, 6.45) is 1.87. The van der Waals surface area contributed by atoms with E-state index in [0.29, 0.717) is 49.2 Å². The average Bonchev–Trinajstić information content (AvgIpc) is 3.36. The predicted octanol–water partition coefficient (Wildman–Crippen LogP) is 5.86. The Bertz CT molecular complexity index is 1290. The molecule has 0 unspecified atom stereocenters. The van der Waals surface area contributed by atoms with Crippen LogP contribution in [-0.2, 0) is 10.0 Å².